The third-order valence-electron chi connectivity index (χ3n) is 7.79. The predicted octanol–water partition coefficient (Wildman–Crippen LogP) is 9.08. The van der Waals surface area contributed by atoms with Crippen LogP contribution in [0.2, 0.25) is 0 Å². The Balaban J connectivity index is 1.57. The van der Waals surface area contributed by atoms with Crippen molar-refractivity contribution in [3.8, 4) is 17.2 Å². The fraction of sp³-hybridized carbons (Fsp3) is 0.486. The van der Waals surface area contributed by atoms with Gasteiger partial charge in [-0.1, -0.05) is 96.3 Å². The van der Waals surface area contributed by atoms with Crippen LogP contribution in [0.3, 0.4) is 0 Å². The van der Waals surface area contributed by atoms with Crippen molar-refractivity contribution in [3.05, 3.63) is 72.8 Å². The van der Waals surface area contributed by atoms with E-state index in [0.717, 1.165) is 25.7 Å². The molecular formula is C37H53N3O6S. The van der Waals surface area contributed by atoms with Gasteiger partial charge in [0.1, 0.15) is 17.2 Å². The second-order valence-corrected chi connectivity index (χ2v) is 13.7. The summed E-state index contributed by atoms with van der Waals surface area (Å²) in [4.78, 5) is 13.4. The average Bonchev–Trinajstić information content (AvgIpc) is 3.06. The molecule has 1 unspecified atom stereocenters. The molecule has 3 rings (SSSR count). The van der Waals surface area contributed by atoms with Crippen molar-refractivity contribution in [1.29, 1.82) is 0 Å². The van der Waals surface area contributed by atoms with E-state index in [1.54, 1.807) is 36.4 Å². The molecular weight excluding hydrogens is 614 g/mol. The molecule has 1 amide bonds. The Morgan fingerprint density at radius 1 is 0.745 bits per heavy atom. The first-order chi connectivity index (χ1) is 22.8. The van der Waals surface area contributed by atoms with Crippen LogP contribution in [-0.4, -0.2) is 38.0 Å². The number of sulfonamides is 1. The lowest BCUT2D eigenvalue weighted by Gasteiger charge is -2.20. The summed E-state index contributed by atoms with van der Waals surface area (Å²) in [5, 5.41) is 16.5. The van der Waals surface area contributed by atoms with Gasteiger partial charge in [-0.15, -0.1) is 0 Å². The van der Waals surface area contributed by atoms with Crippen LogP contribution in [0.4, 0.5) is 17.1 Å². The monoisotopic (exact) mass is 667 g/mol. The highest BCUT2D eigenvalue weighted by molar-refractivity contribution is 7.92. The lowest BCUT2D eigenvalue weighted by Crippen LogP contribution is -2.33. The van der Waals surface area contributed by atoms with Crippen molar-refractivity contribution in [1.82, 2.24) is 0 Å². The molecule has 4 N–H and O–H groups in total. The normalized spacial score (nSPS) is 11.9. The van der Waals surface area contributed by atoms with Crippen molar-refractivity contribution in [3.63, 3.8) is 0 Å². The first-order valence-electron chi connectivity index (χ1n) is 17.1. The van der Waals surface area contributed by atoms with Crippen LogP contribution in [-0.2, 0) is 14.8 Å². The molecule has 10 heteroatoms. The van der Waals surface area contributed by atoms with Crippen LogP contribution >= 0.6 is 0 Å². The van der Waals surface area contributed by atoms with E-state index in [4.69, 9.17) is 9.47 Å². The summed E-state index contributed by atoms with van der Waals surface area (Å²) in [5.41, 5.74) is 1.36. The summed E-state index contributed by atoms with van der Waals surface area (Å²) < 4.78 is 39.0. The number of unbranched alkanes of at least 4 members (excludes halogenated alkanes) is 10. The summed E-state index contributed by atoms with van der Waals surface area (Å²) in [6.07, 6.45) is 13.0. The van der Waals surface area contributed by atoms with Crippen LogP contribution in [0.25, 0.3) is 0 Å². The topological polar surface area (TPSA) is 126 Å². The van der Waals surface area contributed by atoms with Crippen LogP contribution in [0.15, 0.2) is 72.8 Å². The SMILES string of the molecule is CCCCCCCCCCCCC(Oc1ccc(NS(=O)(=O)CCCC)cc1)C(=O)Nc1ccc(NCOc2ccccc2)c(O)c1. The van der Waals surface area contributed by atoms with E-state index in [1.165, 1.54) is 51.0 Å². The second kappa shape index (κ2) is 21.1. The van der Waals surface area contributed by atoms with E-state index in [2.05, 4.69) is 22.3 Å². The number of ether oxygens (including phenoxy) is 2. The predicted molar refractivity (Wildman–Crippen MR) is 192 cm³/mol. The van der Waals surface area contributed by atoms with E-state index in [1.807, 2.05) is 37.3 Å². The number of hydrogen-bond acceptors (Lipinski definition) is 7. The third-order valence-corrected chi connectivity index (χ3v) is 9.17. The largest absolute Gasteiger partial charge is 0.506 e. The number of carbonyl (C=O) groups is 1. The molecule has 3 aromatic carbocycles. The lowest BCUT2D eigenvalue weighted by atomic mass is 10.0. The molecule has 0 heterocycles. The minimum Gasteiger partial charge on any atom is -0.506 e. The molecule has 1 atom stereocenters. The van der Waals surface area contributed by atoms with Crippen LogP contribution in [0, 0.1) is 0 Å². The number of nitrogens with one attached hydrogen (secondary N) is 3. The minimum absolute atomic E-state index is 0.0244. The maximum absolute atomic E-state index is 13.4. The summed E-state index contributed by atoms with van der Waals surface area (Å²) in [7, 11) is -3.42. The fourth-order valence-electron chi connectivity index (χ4n) is 5.09. The molecule has 0 bridgehead atoms. The first kappa shape index (κ1) is 37.5. The van der Waals surface area contributed by atoms with Gasteiger partial charge in [-0.3, -0.25) is 9.52 Å². The maximum Gasteiger partial charge on any atom is 0.265 e. The number of benzene rings is 3. The van der Waals surface area contributed by atoms with Gasteiger partial charge in [0.2, 0.25) is 10.0 Å². The van der Waals surface area contributed by atoms with Gasteiger partial charge in [0.25, 0.3) is 5.91 Å². The Bertz CT molecular complexity index is 1420. The van der Waals surface area contributed by atoms with Crippen molar-refractivity contribution < 1.29 is 27.8 Å². The highest BCUT2D eigenvalue weighted by Gasteiger charge is 2.21. The van der Waals surface area contributed by atoms with Gasteiger partial charge in [-0.2, -0.15) is 0 Å². The molecule has 0 aliphatic rings. The van der Waals surface area contributed by atoms with Crippen molar-refractivity contribution in [2.24, 2.45) is 0 Å². The molecule has 0 saturated carbocycles. The summed E-state index contributed by atoms with van der Waals surface area (Å²) in [6.45, 7) is 4.34. The Morgan fingerprint density at radius 3 is 2.00 bits per heavy atom. The number of amides is 1. The van der Waals surface area contributed by atoms with Crippen molar-refractivity contribution in [2.75, 3.05) is 27.8 Å². The molecule has 0 aliphatic heterocycles. The molecule has 9 nitrogen and oxygen atoms in total. The Kier molecular flexibility index (Phi) is 16.8. The van der Waals surface area contributed by atoms with Crippen LogP contribution in [0.5, 0.6) is 17.2 Å². The number of phenols is 1. The Hall–Kier alpha value is -3.92. The van der Waals surface area contributed by atoms with E-state index >= 15 is 0 Å². The number of phenolic OH excluding ortho intramolecular Hbond substituents is 1. The molecule has 0 radical (unpaired) electrons. The van der Waals surface area contributed by atoms with Crippen LogP contribution < -0.4 is 24.8 Å². The number of rotatable bonds is 24. The van der Waals surface area contributed by atoms with Gasteiger partial charge in [0.05, 0.1) is 11.4 Å². The Morgan fingerprint density at radius 2 is 1.36 bits per heavy atom. The van der Waals surface area contributed by atoms with E-state index in [-0.39, 0.29) is 24.1 Å². The molecule has 0 aromatic heterocycles. The van der Waals surface area contributed by atoms with Crippen molar-refractivity contribution in [2.45, 2.75) is 103 Å². The highest BCUT2D eigenvalue weighted by atomic mass is 32.2. The van der Waals surface area contributed by atoms with Gasteiger partial charge in [0, 0.05) is 17.4 Å². The quantitative estimate of drug-likeness (QED) is 0.0427. The van der Waals surface area contributed by atoms with Gasteiger partial charge < -0.3 is 25.2 Å². The number of anilines is 3. The Labute approximate surface area is 281 Å². The average molecular weight is 668 g/mol. The maximum atomic E-state index is 13.4. The van der Waals surface area contributed by atoms with Gasteiger partial charge >= 0.3 is 0 Å². The van der Waals surface area contributed by atoms with Crippen LogP contribution in [0.1, 0.15) is 97.3 Å². The minimum atomic E-state index is -3.42. The second-order valence-electron chi connectivity index (χ2n) is 11.9. The molecule has 0 aliphatic carbocycles. The van der Waals surface area contributed by atoms with E-state index in [0.29, 0.717) is 41.4 Å². The standard InChI is InChI=1S/C37H53N3O6S/c1-3-5-7-8-9-10-11-12-13-17-20-36(46-33-24-21-30(22-25-33)40-47(43,44)27-6-4-2)37(42)39-31-23-26-34(35(41)28-31)38-29-45-32-18-15-14-16-19-32/h14-16,18-19,21-26,28,36,38,40-41H,3-13,17,20,27,29H2,1-2H3,(H,39,42). The zero-order chi connectivity index (χ0) is 33.7. The third kappa shape index (κ3) is 15.0. The molecule has 47 heavy (non-hydrogen) atoms. The number of carbonyl (C=O) groups excluding carboxylic acids is 1. The zero-order valence-electron chi connectivity index (χ0n) is 28.0. The number of aromatic hydroxyl groups is 1. The first-order valence-corrected chi connectivity index (χ1v) is 18.8. The van der Waals surface area contributed by atoms with E-state index in [9.17, 15) is 18.3 Å². The summed E-state index contributed by atoms with van der Waals surface area (Å²) >= 11 is 0. The highest BCUT2D eigenvalue weighted by Crippen LogP contribution is 2.28. The summed E-state index contributed by atoms with van der Waals surface area (Å²) in [5.74, 6) is 0.896. The molecule has 3 aromatic rings. The number of para-hydroxylation sites is 1. The molecule has 0 fully saturated rings. The van der Waals surface area contributed by atoms with Crippen molar-refractivity contribution >= 4 is 33.0 Å². The summed E-state index contributed by atoms with van der Waals surface area (Å²) in [6, 6.07) is 20.8. The van der Waals surface area contributed by atoms with Gasteiger partial charge in [-0.25, -0.2) is 8.42 Å². The van der Waals surface area contributed by atoms with Gasteiger partial charge in [-0.05, 0) is 67.8 Å². The van der Waals surface area contributed by atoms with E-state index < -0.39 is 16.1 Å². The van der Waals surface area contributed by atoms with Gasteiger partial charge in [0.15, 0.2) is 12.8 Å². The lowest BCUT2D eigenvalue weighted by molar-refractivity contribution is -0.123. The number of hydrogen-bond donors (Lipinski definition) is 4. The smallest absolute Gasteiger partial charge is 0.265 e. The molecule has 0 saturated heterocycles. The molecule has 258 valence electrons. The molecule has 0 spiro atoms. The zero-order valence-corrected chi connectivity index (χ0v) is 28.8. The fourth-order valence-corrected chi connectivity index (χ4v) is 6.35.